The van der Waals surface area contributed by atoms with Crippen molar-refractivity contribution in [1.82, 2.24) is 14.5 Å². The molecule has 1 aliphatic rings. The fourth-order valence-corrected chi connectivity index (χ4v) is 2.49. The van der Waals surface area contributed by atoms with Crippen molar-refractivity contribution in [3.63, 3.8) is 0 Å². The fraction of sp³-hybridized carbons (Fsp3) is 0.400. The van der Waals surface area contributed by atoms with E-state index in [1.807, 2.05) is 10.8 Å². The maximum absolute atomic E-state index is 9.38. The van der Waals surface area contributed by atoms with Crippen LogP contribution in [0, 0.1) is 0 Å². The molecule has 1 aliphatic heterocycles. The third-order valence-corrected chi connectivity index (χ3v) is 3.68. The van der Waals surface area contributed by atoms with Crippen LogP contribution in [-0.4, -0.2) is 52.0 Å². The van der Waals surface area contributed by atoms with Gasteiger partial charge in [0.25, 0.3) is 0 Å². The van der Waals surface area contributed by atoms with Crippen molar-refractivity contribution in [1.29, 1.82) is 0 Å². The second kappa shape index (κ2) is 6.17. The quantitative estimate of drug-likeness (QED) is 0.905. The van der Waals surface area contributed by atoms with Crippen molar-refractivity contribution in [2.24, 2.45) is 0 Å². The molecule has 0 amide bonds. The van der Waals surface area contributed by atoms with Crippen molar-refractivity contribution in [3.05, 3.63) is 48.5 Å². The van der Waals surface area contributed by atoms with Crippen LogP contribution in [0.3, 0.4) is 0 Å². The highest BCUT2D eigenvalue weighted by molar-refractivity contribution is 5.34. The van der Waals surface area contributed by atoms with Gasteiger partial charge in [0.1, 0.15) is 0 Å². The lowest BCUT2D eigenvalue weighted by Crippen LogP contribution is -2.46. The van der Waals surface area contributed by atoms with Crippen LogP contribution in [0.5, 0.6) is 0 Å². The highest BCUT2D eigenvalue weighted by Crippen LogP contribution is 2.14. The van der Waals surface area contributed by atoms with Crippen molar-refractivity contribution in [2.45, 2.75) is 12.6 Å². The Morgan fingerprint density at radius 1 is 1.30 bits per heavy atom. The maximum Gasteiger partial charge on any atom is 0.0991 e. The number of rotatable bonds is 4. The van der Waals surface area contributed by atoms with Gasteiger partial charge in [-0.25, -0.2) is 4.98 Å². The summed E-state index contributed by atoms with van der Waals surface area (Å²) in [6.45, 7) is 3.22. The molecule has 1 aromatic carbocycles. The van der Waals surface area contributed by atoms with Gasteiger partial charge in [-0.2, -0.15) is 0 Å². The van der Waals surface area contributed by atoms with E-state index < -0.39 is 0 Å². The van der Waals surface area contributed by atoms with Gasteiger partial charge in [-0.05, 0) is 17.7 Å². The summed E-state index contributed by atoms with van der Waals surface area (Å²) in [5.41, 5.74) is 2.35. The molecule has 2 heterocycles. The monoisotopic (exact) mass is 273 g/mol. The molecule has 0 aliphatic carbocycles. The molecular formula is C15H19N3O2. The van der Waals surface area contributed by atoms with E-state index in [4.69, 9.17) is 4.74 Å². The van der Waals surface area contributed by atoms with Gasteiger partial charge in [-0.15, -0.1) is 0 Å². The molecule has 0 saturated carbocycles. The highest BCUT2D eigenvalue weighted by Gasteiger charge is 2.21. The molecule has 5 heteroatoms. The van der Waals surface area contributed by atoms with Gasteiger partial charge in [0.05, 0.1) is 32.2 Å². The molecule has 0 bridgehead atoms. The van der Waals surface area contributed by atoms with E-state index in [-0.39, 0.29) is 12.6 Å². The topological polar surface area (TPSA) is 50.5 Å². The zero-order valence-electron chi connectivity index (χ0n) is 11.4. The van der Waals surface area contributed by atoms with Crippen LogP contribution < -0.4 is 0 Å². The van der Waals surface area contributed by atoms with Gasteiger partial charge >= 0.3 is 0 Å². The molecule has 1 fully saturated rings. The lowest BCUT2D eigenvalue weighted by molar-refractivity contribution is -0.0312. The van der Waals surface area contributed by atoms with Crippen LogP contribution >= 0.6 is 0 Å². The predicted molar refractivity (Wildman–Crippen MR) is 75.7 cm³/mol. The second-order valence-electron chi connectivity index (χ2n) is 5.02. The molecule has 1 unspecified atom stereocenters. The number of morpholine rings is 1. The summed E-state index contributed by atoms with van der Waals surface area (Å²) in [6, 6.07) is 8.53. The number of aliphatic hydroxyl groups excluding tert-OH is 1. The molecule has 1 aromatic heterocycles. The summed E-state index contributed by atoms with van der Waals surface area (Å²) in [6.07, 6.45) is 5.49. The maximum atomic E-state index is 9.38. The summed E-state index contributed by atoms with van der Waals surface area (Å²) in [4.78, 5) is 6.32. The Morgan fingerprint density at radius 2 is 2.15 bits per heavy atom. The molecular weight excluding hydrogens is 254 g/mol. The Labute approximate surface area is 118 Å². The first-order valence-electron chi connectivity index (χ1n) is 6.87. The van der Waals surface area contributed by atoms with Gasteiger partial charge in [0, 0.05) is 31.2 Å². The first-order valence-corrected chi connectivity index (χ1v) is 6.87. The van der Waals surface area contributed by atoms with Gasteiger partial charge in [-0.3, -0.25) is 4.90 Å². The number of aliphatic hydroxyl groups is 1. The fourth-order valence-electron chi connectivity index (χ4n) is 2.49. The van der Waals surface area contributed by atoms with Crippen LogP contribution in [0.1, 0.15) is 5.56 Å². The molecule has 20 heavy (non-hydrogen) atoms. The summed E-state index contributed by atoms with van der Waals surface area (Å²) in [7, 11) is 0. The van der Waals surface area contributed by atoms with Gasteiger partial charge < -0.3 is 14.4 Å². The number of imidazole rings is 1. The Balaban J connectivity index is 1.68. The molecule has 1 saturated heterocycles. The molecule has 3 rings (SSSR count). The van der Waals surface area contributed by atoms with Gasteiger partial charge in [-0.1, -0.05) is 12.1 Å². The second-order valence-corrected chi connectivity index (χ2v) is 5.02. The third-order valence-electron chi connectivity index (χ3n) is 3.68. The minimum Gasteiger partial charge on any atom is -0.395 e. The molecule has 5 nitrogen and oxygen atoms in total. The molecule has 106 valence electrons. The summed E-state index contributed by atoms with van der Waals surface area (Å²) in [5.74, 6) is 0. The van der Waals surface area contributed by atoms with E-state index in [0.29, 0.717) is 6.61 Å². The normalized spacial score (nSPS) is 20.1. The zero-order valence-corrected chi connectivity index (χ0v) is 11.4. The molecule has 0 spiro atoms. The third kappa shape index (κ3) is 2.90. The number of hydrogen-bond donors (Lipinski definition) is 1. The van der Waals surface area contributed by atoms with Gasteiger partial charge in [0.15, 0.2) is 0 Å². The number of nitrogens with zero attached hydrogens (tertiary/aromatic N) is 3. The van der Waals surface area contributed by atoms with E-state index in [9.17, 15) is 5.11 Å². The molecule has 1 atom stereocenters. The zero-order chi connectivity index (χ0) is 13.8. The lowest BCUT2D eigenvalue weighted by atomic mass is 10.1. The Bertz CT molecular complexity index is 525. The van der Waals surface area contributed by atoms with E-state index in [0.717, 1.165) is 25.4 Å². The summed E-state index contributed by atoms with van der Waals surface area (Å²) in [5, 5.41) is 9.38. The van der Waals surface area contributed by atoms with E-state index >= 15 is 0 Å². The van der Waals surface area contributed by atoms with Crippen molar-refractivity contribution in [2.75, 3.05) is 26.4 Å². The minimum absolute atomic E-state index is 0.108. The average molecular weight is 273 g/mol. The van der Waals surface area contributed by atoms with Crippen LogP contribution in [-0.2, 0) is 11.3 Å². The summed E-state index contributed by atoms with van der Waals surface area (Å²) < 4.78 is 7.38. The first kappa shape index (κ1) is 13.3. The average Bonchev–Trinajstić information content (AvgIpc) is 3.03. The van der Waals surface area contributed by atoms with Crippen molar-refractivity contribution < 1.29 is 9.84 Å². The van der Waals surface area contributed by atoms with Crippen molar-refractivity contribution >= 4 is 0 Å². The predicted octanol–water partition coefficient (Wildman–Crippen LogP) is 1.07. The van der Waals surface area contributed by atoms with E-state index in [2.05, 4.69) is 34.1 Å². The largest absolute Gasteiger partial charge is 0.395 e. The Hall–Kier alpha value is -1.69. The van der Waals surface area contributed by atoms with E-state index in [1.54, 1.807) is 12.5 Å². The minimum atomic E-state index is 0.108. The smallest absolute Gasteiger partial charge is 0.0991 e. The standard InChI is InChI=1S/C15H19N3O2/c19-10-15-11-20-8-7-17(15)9-13-1-3-14(4-2-13)18-6-5-16-12-18/h1-6,12,15,19H,7-11H2. The first-order chi connectivity index (χ1) is 9.86. The number of benzene rings is 1. The van der Waals surface area contributed by atoms with Crippen LogP contribution in [0.15, 0.2) is 43.0 Å². The summed E-state index contributed by atoms with van der Waals surface area (Å²) >= 11 is 0. The van der Waals surface area contributed by atoms with Crippen LogP contribution in [0.25, 0.3) is 5.69 Å². The molecule has 2 aromatic rings. The van der Waals surface area contributed by atoms with Crippen molar-refractivity contribution in [3.8, 4) is 5.69 Å². The lowest BCUT2D eigenvalue weighted by Gasteiger charge is -2.34. The van der Waals surface area contributed by atoms with E-state index in [1.165, 1.54) is 5.56 Å². The Kier molecular flexibility index (Phi) is 4.11. The van der Waals surface area contributed by atoms with Crippen LogP contribution in [0.4, 0.5) is 0 Å². The molecule has 0 radical (unpaired) electrons. The highest BCUT2D eigenvalue weighted by atomic mass is 16.5. The molecule has 1 N–H and O–H groups in total. The van der Waals surface area contributed by atoms with Gasteiger partial charge in [0.2, 0.25) is 0 Å². The number of aromatic nitrogens is 2. The number of ether oxygens (including phenoxy) is 1. The SMILES string of the molecule is OCC1COCCN1Cc1ccc(-n2ccnc2)cc1. The Morgan fingerprint density at radius 3 is 2.85 bits per heavy atom. The van der Waals surface area contributed by atoms with Crippen LogP contribution in [0.2, 0.25) is 0 Å². The number of hydrogen-bond acceptors (Lipinski definition) is 4.